The highest BCUT2D eigenvalue weighted by Crippen LogP contribution is 2.28. The zero-order chi connectivity index (χ0) is 13.8. The molecule has 1 N–H and O–H groups in total. The van der Waals surface area contributed by atoms with Gasteiger partial charge in [-0.2, -0.15) is 0 Å². The Balaban J connectivity index is 0.00000161. The normalized spacial score (nSPS) is 9.71. The Morgan fingerprint density at radius 1 is 0.810 bits per heavy atom. The van der Waals surface area contributed by atoms with Gasteiger partial charge in [-0.1, -0.05) is 55.1 Å². The molecule has 0 fully saturated rings. The van der Waals surface area contributed by atoms with Crippen molar-refractivity contribution in [3.63, 3.8) is 0 Å². The minimum Gasteiger partial charge on any atom is -1.00 e. The first-order valence-corrected chi connectivity index (χ1v) is 6.67. The Kier molecular flexibility index (Phi) is 5.28. The van der Waals surface area contributed by atoms with Crippen molar-refractivity contribution >= 4 is 6.08 Å². The Labute approximate surface area is 142 Å². The molecule has 0 aliphatic rings. The van der Waals surface area contributed by atoms with Crippen molar-refractivity contribution < 1.29 is 29.0 Å². The maximum absolute atomic E-state index is 3.91. The Bertz CT molecular complexity index is 721. The summed E-state index contributed by atoms with van der Waals surface area (Å²) in [6.45, 7) is 3.91. The fourth-order valence-corrected chi connectivity index (χ4v) is 2.34. The molecule has 0 bridgehead atoms. The van der Waals surface area contributed by atoms with Crippen molar-refractivity contribution in [1.82, 2.24) is 0 Å². The topological polar surface area (TPSA) is 14.1 Å². The van der Waals surface area contributed by atoms with Crippen LogP contribution in [-0.2, 0) is 0 Å². The number of rotatable bonds is 3. The van der Waals surface area contributed by atoms with Crippen LogP contribution in [0.15, 0.2) is 79.5 Å². The van der Waals surface area contributed by atoms with Gasteiger partial charge < -0.3 is 24.0 Å². The molecule has 1 nitrogen and oxygen atoms in total. The van der Waals surface area contributed by atoms with E-state index in [2.05, 4.69) is 60.1 Å². The molecule has 0 radical (unpaired) electrons. The van der Waals surface area contributed by atoms with Gasteiger partial charge >= 0.3 is 0 Å². The molecule has 2 heteroatoms. The SMILES string of the molecule is C=Cc1ccc(-c2ccccc2)cc1-c1cccc[nH+]1.[I-]. The van der Waals surface area contributed by atoms with E-state index >= 15 is 0 Å². The van der Waals surface area contributed by atoms with E-state index < -0.39 is 0 Å². The predicted molar refractivity (Wildman–Crippen MR) is 84.0 cm³/mol. The van der Waals surface area contributed by atoms with Gasteiger partial charge in [-0.05, 0) is 28.8 Å². The molecule has 1 heterocycles. The standard InChI is InChI=1S/C19H15N.HI/c1-2-15-11-12-17(16-8-4-3-5-9-16)14-18(15)19-10-6-7-13-20-19;/h2-14H,1H2;1H. The Hall–Kier alpha value is -1.94. The number of H-pyrrole nitrogens is 1. The highest BCUT2D eigenvalue weighted by atomic mass is 127. The predicted octanol–water partition coefficient (Wildman–Crippen LogP) is 1.48. The molecule has 0 amide bonds. The van der Waals surface area contributed by atoms with E-state index in [4.69, 9.17) is 0 Å². The first kappa shape index (κ1) is 15.4. The number of nitrogens with one attached hydrogen (secondary N) is 1. The van der Waals surface area contributed by atoms with Crippen molar-refractivity contribution in [2.24, 2.45) is 0 Å². The molecule has 0 aliphatic heterocycles. The monoisotopic (exact) mass is 385 g/mol. The fraction of sp³-hybridized carbons (Fsp3) is 0. The van der Waals surface area contributed by atoms with Gasteiger partial charge in [0.25, 0.3) is 0 Å². The second-order valence-electron chi connectivity index (χ2n) is 4.65. The van der Waals surface area contributed by atoms with Crippen LogP contribution in [0.2, 0.25) is 0 Å². The third-order valence-electron chi connectivity index (χ3n) is 3.38. The second-order valence-corrected chi connectivity index (χ2v) is 4.65. The van der Waals surface area contributed by atoms with Crippen LogP contribution in [0.1, 0.15) is 5.56 Å². The number of pyridine rings is 1. The molecule has 0 unspecified atom stereocenters. The molecule has 3 rings (SSSR count). The van der Waals surface area contributed by atoms with Crippen LogP contribution in [0.5, 0.6) is 0 Å². The van der Waals surface area contributed by atoms with Crippen LogP contribution >= 0.6 is 0 Å². The minimum atomic E-state index is 0. The van der Waals surface area contributed by atoms with Gasteiger partial charge in [-0.25, -0.2) is 4.98 Å². The molecule has 0 aliphatic carbocycles. The fourth-order valence-electron chi connectivity index (χ4n) is 2.34. The minimum absolute atomic E-state index is 0. The first-order chi connectivity index (χ1) is 9.88. The summed E-state index contributed by atoms with van der Waals surface area (Å²) in [6, 6.07) is 23.0. The summed E-state index contributed by atoms with van der Waals surface area (Å²) >= 11 is 0. The second kappa shape index (κ2) is 7.18. The highest BCUT2D eigenvalue weighted by Gasteiger charge is 2.10. The number of hydrogen-bond donors (Lipinski definition) is 0. The average molecular weight is 385 g/mol. The quantitative estimate of drug-likeness (QED) is 0.607. The van der Waals surface area contributed by atoms with Gasteiger partial charge in [0.1, 0.15) is 0 Å². The lowest BCUT2D eigenvalue weighted by atomic mass is 9.97. The maximum Gasteiger partial charge on any atom is 0.211 e. The van der Waals surface area contributed by atoms with Gasteiger partial charge in [-0.3, -0.25) is 0 Å². The summed E-state index contributed by atoms with van der Waals surface area (Å²) in [4.78, 5) is 3.29. The Morgan fingerprint density at radius 2 is 1.57 bits per heavy atom. The van der Waals surface area contributed by atoms with E-state index in [0.29, 0.717) is 0 Å². The molecule has 0 spiro atoms. The molecular weight excluding hydrogens is 369 g/mol. The van der Waals surface area contributed by atoms with Gasteiger partial charge in [0, 0.05) is 12.1 Å². The summed E-state index contributed by atoms with van der Waals surface area (Å²) in [6.07, 6.45) is 3.84. The van der Waals surface area contributed by atoms with Crippen LogP contribution in [0.3, 0.4) is 0 Å². The van der Waals surface area contributed by atoms with Gasteiger partial charge in [-0.15, -0.1) is 0 Å². The van der Waals surface area contributed by atoms with Gasteiger partial charge in [0.05, 0.1) is 5.56 Å². The third kappa shape index (κ3) is 3.39. The zero-order valence-corrected chi connectivity index (χ0v) is 13.7. The van der Waals surface area contributed by atoms with E-state index in [0.717, 1.165) is 11.3 Å². The third-order valence-corrected chi connectivity index (χ3v) is 3.38. The summed E-state index contributed by atoms with van der Waals surface area (Å²) in [5.74, 6) is 0. The van der Waals surface area contributed by atoms with Crippen LogP contribution in [0.4, 0.5) is 0 Å². The van der Waals surface area contributed by atoms with E-state index in [1.165, 1.54) is 16.7 Å². The smallest absolute Gasteiger partial charge is 0.211 e. The van der Waals surface area contributed by atoms with Crippen LogP contribution in [0, 0.1) is 0 Å². The van der Waals surface area contributed by atoms with Crippen LogP contribution < -0.4 is 29.0 Å². The summed E-state index contributed by atoms with van der Waals surface area (Å²) in [5, 5.41) is 0. The summed E-state index contributed by atoms with van der Waals surface area (Å²) < 4.78 is 0. The van der Waals surface area contributed by atoms with E-state index in [1.54, 1.807) is 0 Å². The maximum atomic E-state index is 3.91. The number of hydrogen-bond acceptors (Lipinski definition) is 0. The molecule has 104 valence electrons. The lowest BCUT2D eigenvalue weighted by molar-refractivity contribution is -0.364. The number of benzene rings is 2. The van der Waals surface area contributed by atoms with Crippen molar-refractivity contribution in [2.75, 3.05) is 0 Å². The van der Waals surface area contributed by atoms with Crippen molar-refractivity contribution in [3.8, 4) is 22.4 Å². The summed E-state index contributed by atoms with van der Waals surface area (Å²) in [5.41, 5.74) is 5.83. The van der Waals surface area contributed by atoms with Crippen molar-refractivity contribution in [1.29, 1.82) is 0 Å². The van der Waals surface area contributed by atoms with Crippen molar-refractivity contribution in [2.45, 2.75) is 0 Å². The molecular formula is C19H16IN. The molecule has 0 saturated heterocycles. The number of halogens is 1. The molecule has 2 aromatic carbocycles. The number of aromatic amines is 1. The van der Waals surface area contributed by atoms with E-state index in [9.17, 15) is 0 Å². The molecule has 21 heavy (non-hydrogen) atoms. The lowest BCUT2D eigenvalue weighted by Crippen LogP contribution is -3.00. The van der Waals surface area contributed by atoms with Crippen LogP contribution in [-0.4, -0.2) is 0 Å². The average Bonchev–Trinajstić information content (AvgIpc) is 2.56. The number of aromatic nitrogens is 1. The molecule has 1 aromatic heterocycles. The van der Waals surface area contributed by atoms with Gasteiger partial charge in [0.2, 0.25) is 5.69 Å². The lowest BCUT2D eigenvalue weighted by Gasteiger charge is -2.06. The highest BCUT2D eigenvalue weighted by molar-refractivity contribution is 5.77. The molecule has 0 saturated carbocycles. The molecule has 3 aromatic rings. The van der Waals surface area contributed by atoms with Gasteiger partial charge in [0.15, 0.2) is 6.20 Å². The zero-order valence-electron chi connectivity index (χ0n) is 11.6. The van der Waals surface area contributed by atoms with Crippen LogP contribution in [0.25, 0.3) is 28.5 Å². The van der Waals surface area contributed by atoms with E-state index in [1.807, 2.05) is 30.5 Å². The van der Waals surface area contributed by atoms with E-state index in [-0.39, 0.29) is 24.0 Å². The molecule has 0 atom stereocenters. The Morgan fingerprint density at radius 3 is 2.24 bits per heavy atom. The van der Waals surface area contributed by atoms with Crippen molar-refractivity contribution in [3.05, 3.63) is 85.1 Å². The first-order valence-electron chi connectivity index (χ1n) is 6.67. The summed E-state index contributed by atoms with van der Waals surface area (Å²) in [7, 11) is 0. The largest absolute Gasteiger partial charge is 1.00 e.